The lowest BCUT2D eigenvalue weighted by Crippen LogP contribution is -2.13. The molecule has 27 nitrogen and oxygen atoms in total. The standard InChI is InChI=1S/C48H31N11O16S5/c1-25-38(22-49)44(51-28-10-14-33(15-11-28)77(64,65)66)54-45(52-29-12-16-34(17-13-29)78(67,68)69)43(25)56-57-47-39(23-50)42(26-6-8-30(9-7-26)53-46(61)35-5-3-2-4-27(35)24-60)48(76-47)58-55-31-18-36-37(40(19-31)79(70,71)72)20-32(59(62)63)21-41(36)80(73,74)75/h2-21,24H,1H3,(H,53,61)(H2,51,52,54)(H,64,65,66)(H,67,68,69)(H,70,71,72)(H,73,74,75)/b57-56?,58-55+. The number of rotatable bonds is 17. The predicted molar refractivity (Wildman–Crippen MR) is 286 cm³/mol. The number of pyridine rings is 1. The van der Waals surface area contributed by atoms with Crippen molar-refractivity contribution in [2.75, 3.05) is 16.0 Å². The van der Waals surface area contributed by atoms with Gasteiger partial charge in [0.2, 0.25) is 0 Å². The monoisotopic (exact) mass is 1180 g/mol. The minimum absolute atomic E-state index is 0.0335. The van der Waals surface area contributed by atoms with Crippen LogP contribution in [0.15, 0.2) is 161 Å². The van der Waals surface area contributed by atoms with Gasteiger partial charge in [0, 0.05) is 56.7 Å². The summed E-state index contributed by atoms with van der Waals surface area (Å²) in [4.78, 5) is 36.9. The number of nitro benzene ring substituents is 1. The molecule has 0 aliphatic rings. The summed E-state index contributed by atoms with van der Waals surface area (Å²) >= 11 is 0.640. The summed E-state index contributed by atoms with van der Waals surface area (Å²) in [6, 6.07) is 27.7. The van der Waals surface area contributed by atoms with Crippen LogP contribution >= 0.6 is 11.3 Å². The first-order chi connectivity index (χ1) is 37.7. The van der Waals surface area contributed by atoms with E-state index in [1.165, 1.54) is 67.6 Å². The van der Waals surface area contributed by atoms with Crippen molar-refractivity contribution in [3.63, 3.8) is 0 Å². The van der Waals surface area contributed by atoms with Crippen LogP contribution in [0.5, 0.6) is 0 Å². The summed E-state index contributed by atoms with van der Waals surface area (Å²) in [7, 11) is -19.9. The molecule has 7 N–H and O–H groups in total. The molecule has 80 heavy (non-hydrogen) atoms. The molecule has 2 aromatic heterocycles. The lowest BCUT2D eigenvalue weighted by atomic mass is 10.0. The largest absolute Gasteiger partial charge is 0.339 e. The molecule has 6 aromatic carbocycles. The van der Waals surface area contributed by atoms with E-state index in [0.717, 1.165) is 30.3 Å². The molecule has 0 aliphatic heterocycles. The number of aromatic nitrogens is 1. The van der Waals surface area contributed by atoms with Crippen LogP contribution in [0.1, 0.15) is 37.4 Å². The SMILES string of the molecule is Cc1c(C#N)c(Nc2ccc(S(=O)(=O)O)cc2)nc(Nc2ccc(S(=O)(=O)O)cc2)c1N=Nc1sc(/N=N/c2cc(S(=O)(=O)O)c3cc([N+](=O)[O-])cc(S(=O)(=O)O)c3c2)c(-c2ccc(NC(=O)c3ccccc3C=O)cc2)c1C#N. The molecule has 2 heterocycles. The van der Waals surface area contributed by atoms with Crippen LogP contribution in [0.2, 0.25) is 0 Å². The Bertz CT molecular complexity index is 4540. The number of azo groups is 2. The Morgan fingerprint density at radius 2 is 1.18 bits per heavy atom. The van der Waals surface area contributed by atoms with E-state index in [1.807, 2.05) is 12.1 Å². The van der Waals surface area contributed by atoms with Crippen molar-refractivity contribution in [1.82, 2.24) is 4.98 Å². The lowest BCUT2D eigenvalue weighted by molar-refractivity contribution is -0.384. The number of nitrogens with one attached hydrogen (secondary N) is 3. The molecule has 0 saturated heterocycles. The summed E-state index contributed by atoms with van der Waals surface area (Å²) < 4.78 is 137. The third-order valence-corrected chi connectivity index (χ3v) is 15.8. The number of aldehydes is 1. The zero-order valence-corrected chi connectivity index (χ0v) is 44.0. The number of hydrogen-bond donors (Lipinski definition) is 7. The highest BCUT2D eigenvalue weighted by Gasteiger charge is 2.27. The Hall–Kier alpha value is -9.61. The molecule has 8 rings (SSSR count). The zero-order chi connectivity index (χ0) is 58.1. The highest BCUT2D eigenvalue weighted by atomic mass is 32.2. The van der Waals surface area contributed by atoms with Gasteiger partial charge in [-0.05, 0) is 91.3 Å². The normalized spacial score (nSPS) is 12.0. The lowest BCUT2D eigenvalue weighted by Gasteiger charge is -2.16. The maximum Gasteiger partial charge on any atom is 0.295 e. The number of anilines is 5. The number of amides is 1. The van der Waals surface area contributed by atoms with E-state index in [1.54, 1.807) is 12.1 Å². The number of thiophene rings is 1. The molecule has 0 spiro atoms. The fourth-order valence-corrected chi connectivity index (χ4v) is 10.9. The van der Waals surface area contributed by atoms with E-state index in [4.69, 9.17) is 0 Å². The van der Waals surface area contributed by atoms with Crippen LogP contribution in [0.3, 0.4) is 0 Å². The van der Waals surface area contributed by atoms with Crippen LogP contribution in [-0.4, -0.2) is 74.0 Å². The quantitative estimate of drug-likeness (QED) is 0.0146. The molecule has 0 radical (unpaired) electrons. The van der Waals surface area contributed by atoms with Crippen LogP contribution in [0.25, 0.3) is 21.9 Å². The number of nitriles is 2. The van der Waals surface area contributed by atoms with Gasteiger partial charge in [-0.15, -0.1) is 20.5 Å². The Labute approximate surface area is 455 Å². The molecule has 1 amide bonds. The average Bonchev–Trinajstić information content (AvgIpc) is 3.81. The average molecular weight is 1180 g/mol. The van der Waals surface area contributed by atoms with Crippen molar-refractivity contribution in [2.24, 2.45) is 20.5 Å². The van der Waals surface area contributed by atoms with Crippen molar-refractivity contribution in [1.29, 1.82) is 10.5 Å². The molecule has 0 atom stereocenters. The molecule has 404 valence electrons. The minimum atomic E-state index is -5.34. The fraction of sp³-hybridized carbons (Fsp3) is 0.0208. The van der Waals surface area contributed by atoms with Gasteiger partial charge in [-0.2, -0.15) is 44.2 Å². The molecule has 0 saturated carbocycles. The Morgan fingerprint density at radius 3 is 1.71 bits per heavy atom. The second-order valence-electron chi connectivity index (χ2n) is 16.4. The molecule has 8 aromatic rings. The van der Waals surface area contributed by atoms with Gasteiger partial charge in [-0.3, -0.25) is 37.9 Å². The molecular weight excluding hydrogens is 1150 g/mol. The molecule has 0 unspecified atom stereocenters. The first-order valence-electron chi connectivity index (χ1n) is 21.9. The van der Waals surface area contributed by atoms with Crippen molar-refractivity contribution in [3.05, 3.63) is 159 Å². The molecular formula is C48H31N11O16S5. The van der Waals surface area contributed by atoms with Crippen molar-refractivity contribution >= 4 is 131 Å². The van der Waals surface area contributed by atoms with Crippen molar-refractivity contribution in [2.45, 2.75) is 26.5 Å². The van der Waals surface area contributed by atoms with Gasteiger partial charge in [0.15, 0.2) is 22.9 Å². The Morgan fingerprint density at radius 1 is 0.650 bits per heavy atom. The number of nitrogens with zero attached hydrogens (tertiary/aromatic N) is 8. The molecule has 32 heteroatoms. The predicted octanol–water partition coefficient (Wildman–Crippen LogP) is 10.3. The third kappa shape index (κ3) is 12.2. The first kappa shape index (κ1) is 56.6. The Kier molecular flexibility index (Phi) is 15.6. The third-order valence-electron chi connectivity index (χ3n) is 11.3. The second-order valence-corrected chi connectivity index (χ2v) is 23.0. The number of carbonyl (C=O) groups is 2. The summed E-state index contributed by atoms with van der Waals surface area (Å²) in [5.41, 5.74) is -1.14. The Balaban J connectivity index is 1.30. The topological polar surface area (TPSA) is 441 Å². The maximum atomic E-state index is 13.2. The minimum Gasteiger partial charge on any atom is -0.339 e. The molecule has 0 bridgehead atoms. The number of fused-ring (bicyclic) bond motifs is 1. The smallest absolute Gasteiger partial charge is 0.295 e. The zero-order valence-electron chi connectivity index (χ0n) is 39.9. The number of carbonyl (C=O) groups excluding carboxylic acids is 2. The number of non-ortho nitro benzene ring substituents is 1. The van der Waals surface area contributed by atoms with E-state index in [9.17, 15) is 82.1 Å². The van der Waals surface area contributed by atoms with Crippen LogP contribution in [0, 0.1) is 39.7 Å². The highest BCUT2D eigenvalue weighted by Crippen LogP contribution is 2.49. The summed E-state index contributed by atoms with van der Waals surface area (Å²) in [6.45, 7) is 1.44. The van der Waals surface area contributed by atoms with Gasteiger partial charge in [0.05, 0.1) is 31.5 Å². The van der Waals surface area contributed by atoms with Crippen molar-refractivity contribution in [3.8, 4) is 23.3 Å². The number of nitro groups is 1. The van der Waals surface area contributed by atoms with Gasteiger partial charge in [-0.1, -0.05) is 41.7 Å². The van der Waals surface area contributed by atoms with Crippen LogP contribution < -0.4 is 16.0 Å². The summed E-state index contributed by atoms with van der Waals surface area (Å²) in [5.74, 6) is -0.963. The summed E-state index contributed by atoms with van der Waals surface area (Å²) in [6.07, 6.45) is 0.501. The molecule has 0 aliphatic carbocycles. The van der Waals surface area contributed by atoms with E-state index in [2.05, 4.69) is 41.4 Å². The van der Waals surface area contributed by atoms with E-state index in [0.29, 0.717) is 35.8 Å². The van der Waals surface area contributed by atoms with E-state index in [-0.39, 0.29) is 83.3 Å². The highest BCUT2D eigenvalue weighted by molar-refractivity contribution is 7.86. The van der Waals surface area contributed by atoms with Crippen LogP contribution in [-0.2, 0) is 40.5 Å². The van der Waals surface area contributed by atoms with Gasteiger partial charge in [-0.25, -0.2) is 4.98 Å². The van der Waals surface area contributed by atoms with Crippen molar-refractivity contribution < 1.29 is 66.4 Å². The first-order valence-corrected chi connectivity index (χ1v) is 28.5. The van der Waals surface area contributed by atoms with Gasteiger partial charge >= 0.3 is 0 Å². The van der Waals surface area contributed by atoms with Crippen LogP contribution in [0.4, 0.5) is 55.8 Å². The van der Waals surface area contributed by atoms with E-state index >= 15 is 0 Å². The van der Waals surface area contributed by atoms with Gasteiger partial charge in [0.1, 0.15) is 38.2 Å². The summed E-state index contributed by atoms with van der Waals surface area (Å²) in [5, 5.41) is 56.8. The molecule has 0 fully saturated rings. The second kappa shape index (κ2) is 22.0. The number of benzene rings is 6. The van der Waals surface area contributed by atoms with Gasteiger partial charge < -0.3 is 16.0 Å². The number of hydrogen-bond acceptors (Lipinski definition) is 22. The van der Waals surface area contributed by atoms with Gasteiger partial charge in [0.25, 0.3) is 52.1 Å². The fourth-order valence-electron chi connectivity index (χ4n) is 7.63. The maximum absolute atomic E-state index is 13.2. The van der Waals surface area contributed by atoms with E-state index < -0.39 is 93.0 Å².